The van der Waals surface area contributed by atoms with Crippen molar-refractivity contribution in [2.45, 2.75) is 90.9 Å². The van der Waals surface area contributed by atoms with E-state index >= 15 is 0 Å². The Labute approximate surface area is 211 Å². The molecule has 0 aliphatic carbocycles. The van der Waals surface area contributed by atoms with Crippen molar-refractivity contribution in [3.05, 3.63) is 40.3 Å². The van der Waals surface area contributed by atoms with Gasteiger partial charge in [-0.3, -0.25) is 14.4 Å². The molecule has 0 unspecified atom stereocenters. The minimum absolute atomic E-state index is 0.0893. The quantitative estimate of drug-likeness (QED) is 0.181. The van der Waals surface area contributed by atoms with Crippen molar-refractivity contribution in [3.8, 4) is 0 Å². The van der Waals surface area contributed by atoms with Crippen LogP contribution in [0.4, 0.5) is 5.69 Å². The molecule has 1 amide bonds. The molecule has 0 radical (unpaired) electrons. The second-order valence-electron chi connectivity index (χ2n) is 10.1. The largest absolute Gasteiger partial charge is 0.460 e. The van der Waals surface area contributed by atoms with E-state index < -0.39 is 45.3 Å². The Hall–Kier alpha value is -3.15. The van der Waals surface area contributed by atoms with Gasteiger partial charge >= 0.3 is 22.1 Å². The summed E-state index contributed by atoms with van der Waals surface area (Å²) in [5.41, 5.74) is 8.14. The zero-order valence-electron chi connectivity index (χ0n) is 21.5. The Kier molecular flexibility index (Phi) is 11.4. The van der Waals surface area contributed by atoms with Gasteiger partial charge in [0, 0.05) is 23.4 Å². The van der Waals surface area contributed by atoms with Gasteiger partial charge in [-0.15, -0.1) is 0 Å². The normalized spacial score (nSPS) is 12.7. The van der Waals surface area contributed by atoms with Crippen LogP contribution in [0.1, 0.15) is 72.8 Å². The number of hydrogen-bond acceptors (Lipinski definition) is 8. The molecule has 1 atom stereocenters. The van der Waals surface area contributed by atoms with Crippen molar-refractivity contribution in [3.63, 3.8) is 0 Å². The Morgan fingerprint density at radius 3 is 2.11 bits per heavy atom. The number of azide groups is 1. The Balaban J connectivity index is 2.72. The van der Waals surface area contributed by atoms with Gasteiger partial charge in [-0.1, -0.05) is 29.4 Å². The highest BCUT2D eigenvalue weighted by molar-refractivity contribution is 7.88. The monoisotopic (exact) mass is 525 g/mol. The highest BCUT2D eigenvalue weighted by atomic mass is 32.2. The minimum atomic E-state index is -4.42. The summed E-state index contributed by atoms with van der Waals surface area (Å²) in [7, 11) is -4.42. The molecule has 0 aromatic heterocycles. The number of ether oxygens (including phenoxy) is 2. The Morgan fingerprint density at radius 1 is 1.00 bits per heavy atom. The van der Waals surface area contributed by atoms with Gasteiger partial charge in [0.25, 0.3) is 0 Å². The van der Waals surface area contributed by atoms with Crippen molar-refractivity contribution in [1.82, 2.24) is 9.44 Å². The van der Waals surface area contributed by atoms with E-state index in [1.165, 1.54) is 0 Å². The number of amides is 1. The maximum absolute atomic E-state index is 12.6. The van der Waals surface area contributed by atoms with Crippen molar-refractivity contribution in [2.75, 3.05) is 0 Å². The third-order valence-electron chi connectivity index (χ3n) is 4.26. The molecular weight excluding hydrogens is 490 g/mol. The molecule has 36 heavy (non-hydrogen) atoms. The predicted octanol–water partition coefficient (Wildman–Crippen LogP) is 3.73. The lowest BCUT2D eigenvalue weighted by Crippen LogP contribution is -2.50. The maximum atomic E-state index is 12.6. The number of nitrogens with one attached hydrogen (secondary N) is 2. The average Bonchev–Trinajstić information content (AvgIpc) is 2.69. The van der Waals surface area contributed by atoms with E-state index in [-0.39, 0.29) is 19.3 Å². The fourth-order valence-corrected chi connectivity index (χ4v) is 3.95. The fourth-order valence-electron chi connectivity index (χ4n) is 2.90. The summed E-state index contributed by atoms with van der Waals surface area (Å²) >= 11 is 0. The van der Waals surface area contributed by atoms with Gasteiger partial charge < -0.3 is 9.47 Å². The van der Waals surface area contributed by atoms with Gasteiger partial charge in [0.05, 0.1) is 0 Å². The summed E-state index contributed by atoms with van der Waals surface area (Å²) in [6, 6.07) is 5.36. The molecule has 0 aliphatic rings. The molecule has 0 aliphatic heterocycles. The van der Waals surface area contributed by atoms with Crippen LogP contribution in [-0.4, -0.2) is 43.5 Å². The molecule has 200 valence electrons. The topological polar surface area (TPSA) is 177 Å². The molecule has 2 N–H and O–H groups in total. The second kappa shape index (κ2) is 13.2. The SMILES string of the molecule is CC(C)(C)OC(=O)CC[C@H](NS(=O)(=O)NC(=O)CCCc1ccc(N=[N+]=[N-])cc1)C(=O)OC(C)(C)C. The lowest BCUT2D eigenvalue weighted by Gasteiger charge is -2.25. The van der Waals surface area contributed by atoms with E-state index in [4.69, 9.17) is 15.0 Å². The zero-order chi connectivity index (χ0) is 27.6. The van der Waals surface area contributed by atoms with Crippen LogP contribution in [0.2, 0.25) is 0 Å². The first-order chi connectivity index (χ1) is 16.5. The number of hydrogen-bond donors (Lipinski definition) is 2. The highest BCUT2D eigenvalue weighted by Gasteiger charge is 2.31. The Bertz CT molecular complexity index is 1070. The molecule has 1 aromatic rings. The lowest BCUT2D eigenvalue weighted by molar-refractivity contribution is -0.158. The van der Waals surface area contributed by atoms with Gasteiger partial charge in [-0.2, -0.15) is 13.1 Å². The van der Waals surface area contributed by atoms with Crippen LogP contribution in [-0.2, 0) is 40.5 Å². The van der Waals surface area contributed by atoms with Gasteiger partial charge in [0.15, 0.2) is 0 Å². The van der Waals surface area contributed by atoms with Crippen molar-refractivity contribution in [2.24, 2.45) is 5.11 Å². The summed E-state index contributed by atoms with van der Waals surface area (Å²) in [6.45, 7) is 9.93. The van der Waals surface area contributed by atoms with Crippen LogP contribution in [0.15, 0.2) is 29.4 Å². The number of benzene rings is 1. The summed E-state index contributed by atoms with van der Waals surface area (Å²) < 4.78 is 39.5. The Morgan fingerprint density at radius 2 is 1.58 bits per heavy atom. The number of aryl methyl sites for hydroxylation is 1. The highest BCUT2D eigenvalue weighted by Crippen LogP contribution is 2.16. The smallest absolute Gasteiger partial charge is 0.324 e. The molecule has 0 saturated heterocycles. The van der Waals surface area contributed by atoms with Gasteiger partial charge in [0.2, 0.25) is 5.91 Å². The third-order valence-corrected chi connectivity index (χ3v) is 5.35. The summed E-state index contributed by atoms with van der Waals surface area (Å²) in [4.78, 5) is 39.5. The molecule has 0 saturated carbocycles. The molecule has 0 fully saturated rings. The van der Waals surface area contributed by atoms with E-state index in [1.54, 1.807) is 65.8 Å². The number of carbonyl (C=O) groups is 3. The molecule has 1 aromatic carbocycles. The molecule has 12 nitrogen and oxygen atoms in total. The standard InChI is InChI=1S/C23H35N5O7S/c1-22(2,3)34-20(30)15-14-18(21(31)35-23(4,5)6)26-36(32,33)27-19(29)9-7-8-16-10-12-17(13-11-16)25-28-24/h10-13,18,26H,7-9,14-15H2,1-6H3,(H,27,29)/t18-/m0/s1. The van der Waals surface area contributed by atoms with E-state index in [2.05, 4.69) is 14.7 Å². The number of esters is 2. The van der Waals surface area contributed by atoms with Crippen LogP contribution in [0.25, 0.3) is 10.4 Å². The van der Waals surface area contributed by atoms with Gasteiger partial charge in [0.1, 0.15) is 17.2 Å². The van der Waals surface area contributed by atoms with Crippen LogP contribution < -0.4 is 9.44 Å². The maximum Gasteiger partial charge on any atom is 0.324 e. The molecular formula is C23H35N5O7S. The van der Waals surface area contributed by atoms with E-state index in [1.807, 2.05) is 4.72 Å². The number of nitrogens with zero attached hydrogens (tertiary/aromatic N) is 3. The van der Waals surface area contributed by atoms with E-state index in [0.29, 0.717) is 18.5 Å². The van der Waals surface area contributed by atoms with Crippen LogP contribution in [0.5, 0.6) is 0 Å². The van der Waals surface area contributed by atoms with E-state index in [0.717, 1.165) is 5.56 Å². The number of carbonyl (C=O) groups excluding carboxylic acids is 3. The van der Waals surface area contributed by atoms with Gasteiger partial charge in [-0.05, 0) is 71.9 Å². The summed E-state index contributed by atoms with van der Waals surface area (Å²) in [5.74, 6) is -2.25. The predicted molar refractivity (Wildman–Crippen MR) is 133 cm³/mol. The van der Waals surface area contributed by atoms with Crippen molar-refractivity contribution >= 4 is 33.7 Å². The zero-order valence-corrected chi connectivity index (χ0v) is 22.3. The first kappa shape index (κ1) is 30.9. The summed E-state index contributed by atoms with van der Waals surface area (Å²) in [5, 5.41) is 3.47. The fraction of sp³-hybridized carbons (Fsp3) is 0.609. The minimum Gasteiger partial charge on any atom is -0.460 e. The lowest BCUT2D eigenvalue weighted by atomic mass is 10.1. The average molecular weight is 526 g/mol. The van der Waals surface area contributed by atoms with E-state index in [9.17, 15) is 22.8 Å². The molecule has 1 rings (SSSR count). The van der Waals surface area contributed by atoms with Gasteiger partial charge in [-0.25, -0.2) is 4.72 Å². The van der Waals surface area contributed by atoms with Crippen LogP contribution in [0.3, 0.4) is 0 Å². The molecule has 0 heterocycles. The van der Waals surface area contributed by atoms with Crippen LogP contribution in [0, 0.1) is 0 Å². The molecule has 13 heteroatoms. The third kappa shape index (κ3) is 13.7. The first-order valence-corrected chi connectivity index (χ1v) is 12.9. The first-order valence-electron chi connectivity index (χ1n) is 11.4. The second-order valence-corrected chi connectivity index (χ2v) is 11.5. The molecule has 0 bridgehead atoms. The number of rotatable bonds is 12. The van der Waals surface area contributed by atoms with Crippen LogP contribution >= 0.6 is 0 Å². The van der Waals surface area contributed by atoms with Crippen molar-refractivity contribution < 1.29 is 32.3 Å². The van der Waals surface area contributed by atoms with Crippen molar-refractivity contribution in [1.29, 1.82) is 0 Å². The molecule has 0 spiro atoms. The summed E-state index contributed by atoms with van der Waals surface area (Å²) in [6.07, 6.45) is 0.305.